The van der Waals surface area contributed by atoms with Crippen LogP contribution in [0.3, 0.4) is 0 Å². The Bertz CT molecular complexity index is 709. The molecule has 0 saturated heterocycles. The van der Waals surface area contributed by atoms with Crippen LogP contribution in [-0.4, -0.2) is 26.0 Å². The van der Waals surface area contributed by atoms with Crippen LogP contribution in [0.15, 0.2) is 36.4 Å². The first-order chi connectivity index (χ1) is 10.9. The minimum absolute atomic E-state index is 0.122. The number of nitrogens with one attached hydrogen (secondary N) is 1. The van der Waals surface area contributed by atoms with E-state index in [9.17, 15) is 13.2 Å². The minimum atomic E-state index is -3.39. The molecular formula is C17H21NO4S. The molecule has 5 nitrogen and oxygen atoms in total. The highest BCUT2D eigenvalue weighted by molar-refractivity contribution is 7.88. The zero-order valence-electron chi connectivity index (χ0n) is 12.8. The molecule has 0 spiro atoms. The zero-order valence-corrected chi connectivity index (χ0v) is 13.6. The van der Waals surface area contributed by atoms with Crippen molar-refractivity contribution in [1.29, 1.82) is 0 Å². The molecule has 23 heavy (non-hydrogen) atoms. The summed E-state index contributed by atoms with van der Waals surface area (Å²) in [7, 11) is -3.39. The molecule has 124 valence electrons. The molecule has 0 radical (unpaired) electrons. The van der Waals surface area contributed by atoms with Crippen LogP contribution >= 0.6 is 0 Å². The van der Waals surface area contributed by atoms with Gasteiger partial charge in [0, 0.05) is 6.54 Å². The number of carboxylic acids is 1. The number of fused-ring (bicyclic) bond motifs is 2. The number of benzene rings is 1. The number of hydrogen-bond acceptors (Lipinski definition) is 3. The summed E-state index contributed by atoms with van der Waals surface area (Å²) in [6, 6.07) is 5.94. The van der Waals surface area contributed by atoms with E-state index >= 15 is 0 Å². The van der Waals surface area contributed by atoms with Gasteiger partial charge in [-0.2, -0.15) is 0 Å². The Balaban J connectivity index is 1.49. The van der Waals surface area contributed by atoms with E-state index < -0.39 is 16.0 Å². The molecule has 2 bridgehead atoms. The van der Waals surface area contributed by atoms with Crippen LogP contribution in [0.5, 0.6) is 0 Å². The fourth-order valence-electron chi connectivity index (χ4n) is 3.64. The Morgan fingerprint density at radius 2 is 1.91 bits per heavy atom. The summed E-state index contributed by atoms with van der Waals surface area (Å²) in [5.41, 5.74) is 0.744. The molecule has 2 aliphatic carbocycles. The van der Waals surface area contributed by atoms with Gasteiger partial charge in [0.2, 0.25) is 10.0 Å². The van der Waals surface area contributed by atoms with Crippen molar-refractivity contribution in [3.63, 3.8) is 0 Å². The molecule has 1 aromatic rings. The van der Waals surface area contributed by atoms with Crippen LogP contribution in [0.4, 0.5) is 0 Å². The Kier molecular flexibility index (Phi) is 4.55. The van der Waals surface area contributed by atoms with Gasteiger partial charge in [-0.3, -0.25) is 0 Å². The number of hydrogen-bond donors (Lipinski definition) is 2. The third-order valence-corrected chi connectivity index (χ3v) is 6.17. The first-order valence-electron chi connectivity index (χ1n) is 7.91. The van der Waals surface area contributed by atoms with Crippen molar-refractivity contribution >= 4 is 16.0 Å². The van der Waals surface area contributed by atoms with Crippen molar-refractivity contribution < 1.29 is 18.3 Å². The van der Waals surface area contributed by atoms with Crippen LogP contribution in [0.25, 0.3) is 0 Å². The Hall–Kier alpha value is -1.66. The Morgan fingerprint density at radius 1 is 1.17 bits per heavy atom. The van der Waals surface area contributed by atoms with Gasteiger partial charge in [0.05, 0.1) is 11.3 Å². The van der Waals surface area contributed by atoms with Crippen molar-refractivity contribution in [3.05, 3.63) is 47.5 Å². The maximum Gasteiger partial charge on any atom is 0.335 e. The topological polar surface area (TPSA) is 83.5 Å². The largest absolute Gasteiger partial charge is 0.478 e. The number of allylic oxidation sites excluding steroid dienone is 2. The second-order valence-electron chi connectivity index (χ2n) is 6.48. The summed E-state index contributed by atoms with van der Waals surface area (Å²) in [6.45, 7) is 0.470. The number of sulfonamides is 1. The zero-order chi connectivity index (χ0) is 16.4. The summed E-state index contributed by atoms with van der Waals surface area (Å²) in [5, 5.41) is 8.84. The summed E-state index contributed by atoms with van der Waals surface area (Å²) >= 11 is 0. The second kappa shape index (κ2) is 6.45. The third kappa shape index (κ3) is 4.00. The van der Waals surface area contributed by atoms with E-state index in [2.05, 4.69) is 16.9 Å². The van der Waals surface area contributed by atoms with Gasteiger partial charge >= 0.3 is 5.97 Å². The summed E-state index contributed by atoms with van der Waals surface area (Å²) in [6.07, 6.45) is 7.85. The molecule has 0 heterocycles. The summed E-state index contributed by atoms with van der Waals surface area (Å²) in [5.74, 6) is 0.797. The average molecular weight is 335 g/mol. The number of aromatic carboxylic acids is 1. The van der Waals surface area contributed by atoms with E-state index in [1.807, 2.05) is 0 Å². The Morgan fingerprint density at radius 3 is 2.48 bits per heavy atom. The lowest BCUT2D eigenvalue weighted by Crippen LogP contribution is -2.28. The standard InChI is InChI=1S/C17H21NO4S/c19-17(20)14-4-1-12(2-5-14)11-23(21,22)18-8-7-16-10-13-3-6-15(16)9-13/h1-6,13,15-16,18H,7-11H2,(H,19,20)/t13-,15-,16+/m0/s1. The first kappa shape index (κ1) is 16.2. The van der Waals surface area contributed by atoms with E-state index in [-0.39, 0.29) is 11.3 Å². The molecule has 0 unspecified atom stereocenters. The quantitative estimate of drug-likeness (QED) is 0.750. The maximum absolute atomic E-state index is 12.1. The number of carboxylic acid groups (broad SMARTS) is 1. The predicted molar refractivity (Wildman–Crippen MR) is 87.5 cm³/mol. The monoisotopic (exact) mass is 335 g/mol. The molecule has 2 N–H and O–H groups in total. The maximum atomic E-state index is 12.1. The SMILES string of the molecule is O=C(O)c1ccc(CS(=O)(=O)NCC[C@@H]2C[C@H]3C=C[C@H]2C3)cc1. The molecule has 0 amide bonds. The molecule has 6 heteroatoms. The van der Waals surface area contributed by atoms with Crippen LogP contribution in [-0.2, 0) is 15.8 Å². The number of rotatable bonds is 7. The molecule has 3 rings (SSSR count). The lowest BCUT2D eigenvalue weighted by molar-refractivity contribution is 0.0697. The fourth-order valence-corrected chi connectivity index (χ4v) is 4.80. The smallest absolute Gasteiger partial charge is 0.335 e. The van der Waals surface area contributed by atoms with Crippen molar-refractivity contribution in [2.75, 3.05) is 6.54 Å². The molecule has 1 saturated carbocycles. The van der Waals surface area contributed by atoms with Gasteiger partial charge < -0.3 is 5.11 Å². The molecular weight excluding hydrogens is 314 g/mol. The van der Waals surface area contributed by atoms with Gasteiger partial charge in [0.25, 0.3) is 0 Å². The van der Waals surface area contributed by atoms with E-state index in [0.717, 1.165) is 6.42 Å². The molecule has 1 aromatic carbocycles. The molecule has 1 fully saturated rings. The van der Waals surface area contributed by atoms with Gasteiger partial charge in [-0.15, -0.1) is 0 Å². The first-order valence-corrected chi connectivity index (χ1v) is 9.56. The van der Waals surface area contributed by atoms with Crippen molar-refractivity contribution in [2.24, 2.45) is 17.8 Å². The fraction of sp³-hybridized carbons (Fsp3) is 0.471. The lowest BCUT2D eigenvalue weighted by atomic mass is 9.91. The highest BCUT2D eigenvalue weighted by Gasteiger charge is 2.35. The van der Waals surface area contributed by atoms with Crippen LogP contribution < -0.4 is 4.72 Å². The van der Waals surface area contributed by atoms with Crippen molar-refractivity contribution in [1.82, 2.24) is 4.72 Å². The van der Waals surface area contributed by atoms with E-state index in [1.54, 1.807) is 12.1 Å². The van der Waals surface area contributed by atoms with E-state index in [4.69, 9.17) is 5.11 Å². The minimum Gasteiger partial charge on any atom is -0.478 e. The van der Waals surface area contributed by atoms with E-state index in [1.165, 1.54) is 25.0 Å². The van der Waals surface area contributed by atoms with Gasteiger partial charge in [-0.25, -0.2) is 17.9 Å². The van der Waals surface area contributed by atoms with Gasteiger partial charge in [0.1, 0.15) is 0 Å². The van der Waals surface area contributed by atoms with Crippen LogP contribution in [0, 0.1) is 17.8 Å². The lowest BCUT2D eigenvalue weighted by Gasteiger charge is -2.18. The molecule has 0 aromatic heterocycles. The summed E-state index contributed by atoms with van der Waals surface area (Å²) in [4.78, 5) is 10.8. The normalized spacial score (nSPS) is 25.8. The molecule has 0 aliphatic heterocycles. The average Bonchev–Trinajstić information content (AvgIpc) is 3.10. The van der Waals surface area contributed by atoms with Crippen LogP contribution in [0.2, 0.25) is 0 Å². The van der Waals surface area contributed by atoms with Crippen LogP contribution in [0.1, 0.15) is 35.2 Å². The van der Waals surface area contributed by atoms with Crippen molar-refractivity contribution in [3.8, 4) is 0 Å². The number of carbonyl (C=O) groups is 1. The van der Waals surface area contributed by atoms with E-state index in [0.29, 0.717) is 29.9 Å². The predicted octanol–water partition coefficient (Wildman–Crippen LogP) is 2.41. The van der Waals surface area contributed by atoms with Gasteiger partial charge in [-0.1, -0.05) is 24.3 Å². The molecule has 2 aliphatic rings. The molecule has 3 atom stereocenters. The highest BCUT2D eigenvalue weighted by atomic mass is 32.2. The third-order valence-electron chi connectivity index (χ3n) is 4.81. The Labute approximate surface area is 136 Å². The van der Waals surface area contributed by atoms with Crippen molar-refractivity contribution in [2.45, 2.75) is 25.0 Å². The van der Waals surface area contributed by atoms with Gasteiger partial charge in [0.15, 0.2) is 0 Å². The second-order valence-corrected chi connectivity index (χ2v) is 8.29. The van der Waals surface area contributed by atoms with Gasteiger partial charge in [-0.05, 0) is 54.7 Å². The highest BCUT2D eigenvalue weighted by Crippen LogP contribution is 2.44. The summed E-state index contributed by atoms with van der Waals surface area (Å²) < 4.78 is 26.9.